The van der Waals surface area contributed by atoms with Crippen LogP contribution < -0.4 is 4.90 Å². The number of aromatic nitrogens is 6. The first kappa shape index (κ1) is 14.6. The number of anilines is 1. The Hall–Kier alpha value is -1.93. The van der Waals surface area contributed by atoms with Gasteiger partial charge in [0.15, 0.2) is 10.3 Å². The van der Waals surface area contributed by atoms with E-state index in [9.17, 15) is 0 Å². The van der Waals surface area contributed by atoms with Gasteiger partial charge >= 0.3 is 0 Å². The first-order valence-corrected chi connectivity index (χ1v) is 8.58. The molecule has 3 heterocycles. The Morgan fingerprint density at radius 3 is 2.96 bits per heavy atom. The third-order valence-electron chi connectivity index (χ3n) is 3.71. The van der Waals surface area contributed by atoms with Crippen molar-refractivity contribution in [1.29, 1.82) is 0 Å². The van der Waals surface area contributed by atoms with E-state index < -0.39 is 0 Å². The maximum Gasteiger partial charge on any atom is 0.186 e. The smallest absolute Gasteiger partial charge is 0.186 e. The Bertz CT molecular complexity index is 830. The van der Waals surface area contributed by atoms with E-state index in [0.717, 1.165) is 27.1 Å². The van der Waals surface area contributed by atoms with E-state index in [1.807, 2.05) is 25.2 Å². The summed E-state index contributed by atoms with van der Waals surface area (Å²) in [6.45, 7) is 0.615. The van der Waals surface area contributed by atoms with E-state index in [1.54, 1.807) is 4.68 Å². The Morgan fingerprint density at radius 2 is 2.26 bits per heavy atom. The van der Waals surface area contributed by atoms with E-state index in [1.165, 1.54) is 24.2 Å². The summed E-state index contributed by atoms with van der Waals surface area (Å²) in [5.41, 5.74) is 2.93. The highest BCUT2D eigenvalue weighted by atomic mass is 35.5. The molecule has 7 nitrogen and oxygen atoms in total. The Morgan fingerprint density at radius 1 is 1.43 bits per heavy atom. The summed E-state index contributed by atoms with van der Waals surface area (Å²) in [5, 5.41) is 17.1. The number of aromatic amines is 1. The molecule has 0 bridgehead atoms. The predicted molar refractivity (Wildman–Crippen MR) is 90.1 cm³/mol. The third-order valence-corrected chi connectivity index (χ3v) is 5.34. The molecule has 0 atom stereocenters. The summed E-state index contributed by atoms with van der Waals surface area (Å²) in [4.78, 5) is 7.09. The van der Waals surface area contributed by atoms with Crippen LogP contribution in [0.2, 0.25) is 5.15 Å². The molecule has 3 aromatic rings. The average molecular weight is 350 g/mol. The van der Waals surface area contributed by atoms with Crippen LogP contribution in [0.1, 0.15) is 30.1 Å². The molecule has 120 valence electrons. The van der Waals surface area contributed by atoms with Crippen molar-refractivity contribution in [3.63, 3.8) is 0 Å². The lowest BCUT2D eigenvalue weighted by Crippen LogP contribution is -2.07. The van der Waals surface area contributed by atoms with Gasteiger partial charge in [-0.25, -0.2) is 9.67 Å². The zero-order valence-corrected chi connectivity index (χ0v) is 14.4. The van der Waals surface area contributed by atoms with Crippen molar-refractivity contribution in [2.75, 3.05) is 19.0 Å². The van der Waals surface area contributed by atoms with Gasteiger partial charge in [-0.2, -0.15) is 5.10 Å². The maximum absolute atomic E-state index is 6.22. The molecule has 1 saturated carbocycles. The quantitative estimate of drug-likeness (QED) is 0.766. The summed E-state index contributed by atoms with van der Waals surface area (Å²) in [5.74, 6) is 0.645. The van der Waals surface area contributed by atoms with E-state index >= 15 is 0 Å². The first-order valence-electron chi connectivity index (χ1n) is 7.38. The van der Waals surface area contributed by atoms with E-state index in [-0.39, 0.29) is 0 Å². The average Bonchev–Trinajstić information content (AvgIpc) is 2.93. The summed E-state index contributed by atoms with van der Waals surface area (Å²) >= 11 is 7.72. The lowest BCUT2D eigenvalue weighted by atomic mass is 10.3. The van der Waals surface area contributed by atoms with Crippen LogP contribution in [0, 0.1) is 0 Å². The van der Waals surface area contributed by atoms with E-state index in [0.29, 0.717) is 17.6 Å². The minimum Gasteiger partial charge on any atom is -0.354 e. The van der Waals surface area contributed by atoms with Gasteiger partial charge < -0.3 is 4.90 Å². The molecule has 0 spiro atoms. The summed E-state index contributed by atoms with van der Waals surface area (Å²) in [7, 11) is 3.87. The fourth-order valence-electron chi connectivity index (χ4n) is 2.34. The molecule has 1 aliphatic carbocycles. The second-order valence-electron chi connectivity index (χ2n) is 5.90. The summed E-state index contributed by atoms with van der Waals surface area (Å²) in [6, 6.07) is 2.11. The molecule has 1 N–H and O–H groups in total. The van der Waals surface area contributed by atoms with Crippen LogP contribution in [0.5, 0.6) is 0 Å². The molecule has 0 aliphatic heterocycles. The third kappa shape index (κ3) is 2.96. The number of thiazole rings is 1. The summed E-state index contributed by atoms with van der Waals surface area (Å²) < 4.78 is 1.78. The Labute approximate surface area is 142 Å². The molecule has 9 heteroatoms. The normalized spacial score (nSPS) is 14.4. The van der Waals surface area contributed by atoms with Gasteiger partial charge in [0.25, 0.3) is 0 Å². The molecular weight excluding hydrogens is 334 g/mol. The number of hydrogen-bond acceptors (Lipinski definition) is 6. The second kappa shape index (κ2) is 5.61. The van der Waals surface area contributed by atoms with Gasteiger partial charge in [0, 0.05) is 20.0 Å². The van der Waals surface area contributed by atoms with E-state index in [4.69, 9.17) is 11.6 Å². The molecule has 0 saturated heterocycles. The van der Waals surface area contributed by atoms with Crippen LogP contribution in [-0.2, 0) is 6.54 Å². The standard InChI is InChI=1S/C14H16ClN7S/c1-21(2)14-16-13(15)12(23-14)11-7-22(20-19-11)6-9-5-10(18-17-9)8-3-4-8/h5,7-8H,3-4,6H2,1-2H3,(H,17,18). The van der Waals surface area contributed by atoms with Crippen molar-refractivity contribution in [1.82, 2.24) is 30.2 Å². The predicted octanol–water partition coefficient (Wildman–Crippen LogP) is 2.77. The molecule has 1 fully saturated rings. The van der Waals surface area contributed by atoms with Gasteiger partial charge in [0.05, 0.1) is 29.0 Å². The van der Waals surface area contributed by atoms with Crippen molar-refractivity contribution in [3.05, 3.63) is 28.8 Å². The van der Waals surface area contributed by atoms with Gasteiger partial charge in [0.1, 0.15) is 5.69 Å². The van der Waals surface area contributed by atoms with Gasteiger partial charge in [-0.05, 0) is 18.9 Å². The molecule has 0 amide bonds. The number of nitrogens with one attached hydrogen (secondary N) is 1. The SMILES string of the molecule is CN(C)c1nc(Cl)c(-c2cn(Cc3cc(C4CC4)n[nH]3)nn2)s1. The van der Waals surface area contributed by atoms with Crippen LogP contribution in [-0.4, -0.2) is 44.3 Å². The maximum atomic E-state index is 6.22. The topological polar surface area (TPSA) is 75.5 Å². The van der Waals surface area contributed by atoms with Crippen LogP contribution in [0.3, 0.4) is 0 Å². The fourth-order valence-corrected chi connectivity index (χ4v) is 3.52. The minimum atomic E-state index is 0.461. The molecule has 0 radical (unpaired) electrons. The van der Waals surface area contributed by atoms with Gasteiger partial charge in [0.2, 0.25) is 0 Å². The largest absolute Gasteiger partial charge is 0.354 e. The summed E-state index contributed by atoms with van der Waals surface area (Å²) in [6.07, 6.45) is 4.38. The number of hydrogen-bond donors (Lipinski definition) is 1. The Kier molecular flexibility index (Phi) is 3.57. The monoisotopic (exact) mass is 349 g/mol. The van der Waals surface area contributed by atoms with Crippen LogP contribution >= 0.6 is 22.9 Å². The first-order chi connectivity index (χ1) is 11.1. The highest BCUT2D eigenvalue weighted by Gasteiger charge is 2.26. The number of halogens is 1. The minimum absolute atomic E-state index is 0.461. The highest BCUT2D eigenvalue weighted by Crippen LogP contribution is 2.39. The molecule has 4 rings (SSSR count). The van der Waals surface area contributed by atoms with Crippen molar-refractivity contribution in [3.8, 4) is 10.6 Å². The molecule has 3 aromatic heterocycles. The number of nitrogens with zero attached hydrogens (tertiary/aromatic N) is 6. The Balaban J connectivity index is 1.53. The van der Waals surface area contributed by atoms with Crippen LogP contribution in [0.4, 0.5) is 5.13 Å². The number of H-pyrrole nitrogens is 1. The van der Waals surface area contributed by atoms with Crippen LogP contribution in [0.15, 0.2) is 12.3 Å². The van der Waals surface area contributed by atoms with Crippen LogP contribution in [0.25, 0.3) is 10.6 Å². The lowest BCUT2D eigenvalue weighted by Gasteiger charge is -2.04. The second-order valence-corrected chi connectivity index (χ2v) is 7.24. The zero-order valence-electron chi connectivity index (χ0n) is 12.8. The molecule has 0 aromatic carbocycles. The van der Waals surface area contributed by atoms with Crippen molar-refractivity contribution in [2.24, 2.45) is 0 Å². The lowest BCUT2D eigenvalue weighted by molar-refractivity contribution is 0.637. The molecule has 0 unspecified atom stereocenters. The van der Waals surface area contributed by atoms with Crippen molar-refractivity contribution in [2.45, 2.75) is 25.3 Å². The van der Waals surface area contributed by atoms with Crippen molar-refractivity contribution < 1.29 is 0 Å². The van der Waals surface area contributed by atoms with Gasteiger partial charge in [-0.15, -0.1) is 5.10 Å². The fraction of sp³-hybridized carbons (Fsp3) is 0.429. The zero-order chi connectivity index (χ0) is 16.0. The van der Waals surface area contributed by atoms with E-state index in [2.05, 4.69) is 31.6 Å². The van der Waals surface area contributed by atoms with Crippen molar-refractivity contribution >= 4 is 28.1 Å². The molecule has 23 heavy (non-hydrogen) atoms. The highest BCUT2D eigenvalue weighted by molar-refractivity contribution is 7.19. The van der Waals surface area contributed by atoms with Gasteiger partial charge in [-0.3, -0.25) is 5.10 Å². The number of rotatable bonds is 5. The molecule has 1 aliphatic rings. The molecular formula is C14H16ClN7S. The van der Waals surface area contributed by atoms with Gasteiger partial charge in [-0.1, -0.05) is 28.2 Å².